The van der Waals surface area contributed by atoms with E-state index in [1.165, 1.54) is 6.07 Å². The van der Waals surface area contributed by atoms with Crippen molar-refractivity contribution in [2.24, 2.45) is 5.92 Å². The number of alkyl halides is 4. The lowest BCUT2D eigenvalue weighted by Gasteiger charge is -2.30. The van der Waals surface area contributed by atoms with Crippen molar-refractivity contribution in [1.82, 2.24) is 0 Å². The van der Waals surface area contributed by atoms with Gasteiger partial charge in [0.2, 0.25) is 0 Å². The van der Waals surface area contributed by atoms with Crippen molar-refractivity contribution < 1.29 is 32.5 Å². The van der Waals surface area contributed by atoms with Gasteiger partial charge in [0.1, 0.15) is 18.1 Å². The number of benzene rings is 2. The van der Waals surface area contributed by atoms with E-state index in [2.05, 4.69) is 4.90 Å². The maximum absolute atomic E-state index is 13.5. The molecule has 1 fully saturated rings. The molecule has 5 nitrogen and oxygen atoms in total. The van der Waals surface area contributed by atoms with Gasteiger partial charge < -0.3 is 19.5 Å². The molecule has 0 saturated carbocycles. The Labute approximate surface area is 201 Å². The van der Waals surface area contributed by atoms with Crippen LogP contribution in [-0.4, -0.2) is 29.8 Å². The molecule has 1 saturated heterocycles. The number of ether oxygens (including phenoxy) is 2. The minimum absolute atomic E-state index is 0.0544. The first kappa shape index (κ1) is 24.5. The van der Waals surface area contributed by atoms with Gasteiger partial charge in [-0.1, -0.05) is 6.07 Å². The molecule has 0 radical (unpaired) electrons. The van der Waals surface area contributed by atoms with Gasteiger partial charge in [0, 0.05) is 17.8 Å². The number of carboxylic acid groups (broad SMARTS) is 1. The van der Waals surface area contributed by atoms with Crippen LogP contribution >= 0.6 is 11.6 Å². The normalized spacial score (nSPS) is 23.7. The van der Waals surface area contributed by atoms with Gasteiger partial charge >= 0.3 is 12.1 Å². The second kappa shape index (κ2) is 8.87. The second-order valence-corrected chi connectivity index (χ2v) is 10.1. The summed E-state index contributed by atoms with van der Waals surface area (Å²) in [4.78, 5) is 12.7. The lowest BCUT2D eigenvalue weighted by molar-refractivity contribution is -0.139. The smallest absolute Gasteiger partial charge is 0.419 e. The Morgan fingerprint density at radius 3 is 2.65 bits per heavy atom. The molecule has 2 aromatic rings. The van der Waals surface area contributed by atoms with Crippen molar-refractivity contribution in [3.05, 3.63) is 53.1 Å². The van der Waals surface area contributed by atoms with Crippen LogP contribution in [0.3, 0.4) is 0 Å². The Kier molecular flexibility index (Phi) is 6.40. The highest BCUT2D eigenvalue weighted by molar-refractivity contribution is 6.25. The fourth-order valence-corrected chi connectivity index (χ4v) is 5.57. The molecule has 4 rings (SSSR count). The molecule has 9 heteroatoms. The third-order valence-electron chi connectivity index (χ3n) is 6.44. The Bertz CT molecular complexity index is 1090. The van der Waals surface area contributed by atoms with Crippen molar-refractivity contribution >= 4 is 23.3 Å². The zero-order valence-corrected chi connectivity index (χ0v) is 19.9. The summed E-state index contributed by atoms with van der Waals surface area (Å²) in [5, 5.41) is 9.27. The molecule has 2 heterocycles. The van der Waals surface area contributed by atoms with Crippen molar-refractivity contribution in [3.8, 4) is 11.5 Å². The second-order valence-electron chi connectivity index (χ2n) is 9.32. The zero-order chi connectivity index (χ0) is 24.8. The Hall–Kier alpha value is -2.61. The quantitative estimate of drug-likeness (QED) is 0.461. The highest BCUT2D eigenvalue weighted by atomic mass is 35.5. The van der Waals surface area contributed by atoms with E-state index in [0.29, 0.717) is 11.3 Å². The van der Waals surface area contributed by atoms with E-state index in [0.717, 1.165) is 30.3 Å². The third-order valence-corrected chi connectivity index (χ3v) is 6.86. The maximum atomic E-state index is 13.5. The number of halogens is 4. The molecule has 1 N–H and O–H groups in total. The predicted molar refractivity (Wildman–Crippen MR) is 123 cm³/mol. The number of hydrogen-bond donors (Lipinski definition) is 1. The molecule has 0 amide bonds. The zero-order valence-electron chi connectivity index (χ0n) is 19.2. The van der Waals surface area contributed by atoms with Crippen molar-refractivity contribution in [2.45, 2.75) is 63.4 Å². The summed E-state index contributed by atoms with van der Waals surface area (Å²) >= 11 is 6.97. The summed E-state index contributed by atoms with van der Waals surface area (Å²) < 4.78 is 51.7. The minimum Gasteiger partial charge on any atom is -0.490 e. The number of nitrogens with zero attached hydrogens (tertiary/aromatic N) is 1. The number of carboxylic acids is 1. The molecule has 0 spiro atoms. The average Bonchev–Trinajstić information content (AvgIpc) is 3.23. The number of hydrogen-bond acceptors (Lipinski definition) is 4. The van der Waals surface area contributed by atoms with Crippen molar-refractivity contribution in [2.75, 3.05) is 11.4 Å². The molecule has 3 atom stereocenters. The number of anilines is 1. The fraction of sp³-hybridized carbons (Fsp3) is 0.480. The van der Waals surface area contributed by atoms with E-state index in [-0.39, 0.29) is 36.8 Å². The van der Waals surface area contributed by atoms with Crippen LogP contribution in [-0.2, 0) is 22.5 Å². The van der Waals surface area contributed by atoms with E-state index in [1.54, 1.807) is 32.0 Å². The third kappa shape index (κ3) is 4.65. The van der Waals surface area contributed by atoms with Gasteiger partial charge in [0.25, 0.3) is 0 Å². The molecule has 2 aliphatic heterocycles. The first-order valence-corrected chi connectivity index (χ1v) is 11.6. The topological polar surface area (TPSA) is 59.0 Å². The monoisotopic (exact) mass is 497 g/mol. The van der Waals surface area contributed by atoms with Crippen molar-refractivity contribution in [3.63, 3.8) is 0 Å². The van der Waals surface area contributed by atoms with E-state index < -0.39 is 22.6 Å². The molecule has 3 unspecified atom stereocenters. The number of carbonyl (C=O) groups is 1. The molecule has 34 heavy (non-hydrogen) atoms. The minimum atomic E-state index is -4.55. The SMILES string of the molecule is CC(C)Oc1ccc(COc2ccc3c(c2)C(C)(Cl)C2C(CC(=O)O)CCN32)cc1C(F)(F)F. The number of fused-ring (bicyclic) bond motifs is 3. The first-order valence-electron chi connectivity index (χ1n) is 11.2. The van der Waals surface area contributed by atoms with Gasteiger partial charge in [0.15, 0.2) is 0 Å². The predicted octanol–water partition coefficient (Wildman–Crippen LogP) is 6.21. The number of rotatable bonds is 7. The summed E-state index contributed by atoms with van der Waals surface area (Å²) in [6.07, 6.45) is -4.12. The molecule has 2 aromatic carbocycles. The van der Waals surface area contributed by atoms with Crippen LogP contribution in [0.2, 0.25) is 0 Å². The Balaban J connectivity index is 1.54. The average molecular weight is 498 g/mol. The summed E-state index contributed by atoms with van der Waals surface area (Å²) in [6.45, 7) is 5.89. The maximum Gasteiger partial charge on any atom is 0.419 e. The molecule has 0 aliphatic carbocycles. The van der Waals surface area contributed by atoms with Gasteiger partial charge in [-0.2, -0.15) is 13.2 Å². The molecular weight excluding hydrogens is 471 g/mol. The van der Waals surface area contributed by atoms with Crippen LogP contribution in [0.15, 0.2) is 36.4 Å². The van der Waals surface area contributed by atoms with E-state index in [4.69, 9.17) is 21.1 Å². The lowest BCUT2D eigenvalue weighted by atomic mass is 9.85. The highest BCUT2D eigenvalue weighted by Crippen LogP contribution is 2.55. The summed E-state index contributed by atoms with van der Waals surface area (Å²) in [5.74, 6) is -0.637. The Morgan fingerprint density at radius 1 is 1.26 bits per heavy atom. The molecule has 184 valence electrons. The van der Waals surface area contributed by atoms with Gasteiger partial charge in [-0.25, -0.2) is 0 Å². The standard InChI is InChI=1S/C25H27ClF3NO4/c1-14(2)34-21-7-4-15(10-19(21)25(27,28)29)13-33-17-5-6-20-18(12-17)24(3,26)23-16(11-22(31)32)8-9-30(20)23/h4-7,10,12,14,16,23H,8-9,11,13H2,1-3H3,(H,31,32). The first-order chi connectivity index (χ1) is 15.9. The molecule has 2 aliphatic rings. The highest BCUT2D eigenvalue weighted by Gasteiger charge is 2.53. The number of aliphatic carboxylic acids is 1. The van der Waals surface area contributed by atoms with Gasteiger partial charge in [-0.15, -0.1) is 11.6 Å². The van der Waals surface area contributed by atoms with Crippen molar-refractivity contribution in [1.29, 1.82) is 0 Å². The van der Waals surface area contributed by atoms with E-state index >= 15 is 0 Å². The molecule has 0 aromatic heterocycles. The van der Waals surface area contributed by atoms with Crippen LogP contribution in [0, 0.1) is 5.92 Å². The van der Waals surface area contributed by atoms with Gasteiger partial charge in [-0.3, -0.25) is 4.79 Å². The molecule has 0 bridgehead atoms. The lowest BCUT2D eigenvalue weighted by Crippen LogP contribution is -2.39. The van der Waals surface area contributed by atoms with Gasteiger partial charge in [0.05, 0.1) is 29.0 Å². The van der Waals surface area contributed by atoms with Crippen LogP contribution in [0.1, 0.15) is 50.3 Å². The summed E-state index contributed by atoms with van der Waals surface area (Å²) in [7, 11) is 0. The summed E-state index contributed by atoms with van der Waals surface area (Å²) in [6, 6.07) is 9.23. The largest absolute Gasteiger partial charge is 0.490 e. The van der Waals surface area contributed by atoms with Crippen LogP contribution < -0.4 is 14.4 Å². The Morgan fingerprint density at radius 2 is 2.00 bits per heavy atom. The van der Waals surface area contributed by atoms with Gasteiger partial charge in [-0.05, 0) is 69.0 Å². The van der Waals surface area contributed by atoms with E-state index in [9.17, 15) is 23.1 Å². The molecular formula is C25H27ClF3NO4. The van der Waals surface area contributed by atoms with E-state index in [1.807, 2.05) is 13.0 Å². The van der Waals surface area contributed by atoms with Crippen LogP contribution in [0.4, 0.5) is 18.9 Å². The fourth-order valence-electron chi connectivity index (χ4n) is 5.12. The van der Waals surface area contributed by atoms with Crippen LogP contribution in [0.5, 0.6) is 11.5 Å². The van der Waals surface area contributed by atoms with Crippen LogP contribution in [0.25, 0.3) is 0 Å². The summed E-state index contributed by atoms with van der Waals surface area (Å²) in [5.41, 5.74) is 1.30.